The van der Waals surface area contributed by atoms with Crippen LogP contribution in [-0.2, 0) is 0 Å². The van der Waals surface area contributed by atoms with E-state index in [0.717, 1.165) is 25.0 Å². The van der Waals surface area contributed by atoms with E-state index in [-0.39, 0.29) is 0 Å². The van der Waals surface area contributed by atoms with Crippen LogP contribution < -0.4 is 4.74 Å². The van der Waals surface area contributed by atoms with Crippen molar-refractivity contribution in [3.63, 3.8) is 0 Å². The number of ether oxygens (including phenoxy) is 1. The lowest BCUT2D eigenvalue weighted by molar-refractivity contribution is 0.411. The Morgan fingerprint density at radius 2 is 2.18 bits per heavy atom. The Kier molecular flexibility index (Phi) is 6.38. The van der Waals surface area contributed by atoms with Crippen LogP contribution in [0.5, 0.6) is 5.75 Å². The van der Waals surface area contributed by atoms with E-state index < -0.39 is 0 Å². The zero-order valence-corrected chi connectivity index (χ0v) is 11.2. The number of pyridine rings is 1. The maximum atomic E-state index is 5.38. The topological polar surface area (TPSA) is 22.1 Å². The SMILES string of the molecule is CCCC/C=C(\CCC)c1ccncc1OC. The number of aromatic nitrogens is 1. The third kappa shape index (κ3) is 4.22. The third-order valence-corrected chi connectivity index (χ3v) is 2.82. The van der Waals surface area contributed by atoms with Crippen molar-refractivity contribution in [2.75, 3.05) is 7.11 Å². The van der Waals surface area contributed by atoms with E-state index in [1.165, 1.54) is 24.0 Å². The minimum atomic E-state index is 0.878. The molecule has 0 aliphatic carbocycles. The van der Waals surface area contributed by atoms with E-state index in [2.05, 4.69) is 24.9 Å². The van der Waals surface area contributed by atoms with Gasteiger partial charge in [-0.05, 0) is 24.5 Å². The van der Waals surface area contributed by atoms with Gasteiger partial charge in [0.1, 0.15) is 5.75 Å². The first-order chi connectivity index (χ1) is 8.33. The molecule has 0 amide bonds. The number of hydrogen-bond acceptors (Lipinski definition) is 2. The first-order valence-corrected chi connectivity index (χ1v) is 6.50. The standard InChI is InChI=1S/C15H23NO/c1-4-6-7-9-13(8-5-2)14-10-11-16-12-15(14)17-3/h9-12H,4-8H2,1-3H3/b13-9+. The van der Waals surface area contributed by atoms with Crippen molar-refractivity contribution in [1.82, 2.24) is 4.98 Å². The summed E-state index contributed by atoms with van der Waals surface area (Å²) in [5.74, 6) is 0.878. The van der Waals surface area contributed by atoms with Gasteiger partial charge in [-0.15, -0.1) is 0 Å². The molecule has 0 N–H and O–H groups in total. The van der Waals surface area contributed by atoms with Crippen LogP contribution in [0.1, 0.15) is 51.5 Å². The molecule has 0 saturated heterocycles. The molecule has 0 bridgehead atoms. The summed E-state index contributed by atoms with van der Waals surface area (Å²) >= 11 is 0. The van der Waals surface area contributed by atoms with Gasteiger partial charge in [0, 0.05) is 11.8 Å². The molecule has 0 aliphatic rings. The summed E-state index contributed by atoms with van der Waals surface area (Å²) in [6, 6.07) is 2.05. The smallest absolute Gasteiger partial charge is 0.144 e. The van der Waals surface area contributed by atoms with Crippen LogP contribution in [0.2, 0.25) is 0 Å². The molecule has 0 atom stereocenters. The van der Waals surface area contributed by atoms with Crippen molar-refractivity contribution in [1.29, 1.82) is 0 Å². The molecule has 2 nitrogen and oxygen atoms in total. The van der Waals surface area contributed by atoms with Gasteiger partial charge in [0.2, 0.25) is 0 Å². The lowest BCUT2D eigenvalue weighted by atomic mass is 10.00. The molecule has 0 spiro atoms. The molecule has 0 saturated carbocycles. The van der Waals surface area contributed by atoms with Crippen LogP contribution in [0, 0.1) is 0 Å². The Morgan fingerprint density at radius 1 is 1.35 bits per heavy atom. The average molecular weight is 233 g/mol. The fraction of sp³-hybridized carbons (Fsp3) is 0.533. The van der Waals surface area contributed by atoms with Crippen molar-refractivity contribution in [2.24, 2.45) is 0 Å². The summed E-state index contributed by atoms with van der Waals surface area (Å²) in [7, 11) is 1.70. The van der Waals surface area contributed by atoms with Crippen molar-refractivity contribution in [3.05, 3.63) is 30.1 Å². The number of nitrogens with zero attached hydrogens (tertiary/aromatic N) is 1. The lowest BCUT2D eigenvalue weighted by Crippen LogP contribution is -1.93. The Labute approximate surface area is 105 Å². The van der Waals surface area contributed by atoms with E-state index >= 15 is 0 Å². The second-order valence-corrected chi connectivity index (χ2v) is 4.20. The van der Waals surface area contributed by atoms with Gasteiger partial charge in [0.05, 0.1) is 13.3 Å². The Morgan fingerprint density at radius 3 is 2.82 bits per heavy atom. The summed E-state index contributed by atoms with van der Waals surface area (Å²) < 4.78 is 5.38. The maximum absolute atomic E-state index is 5.38. The Balaban J connectivity index is 2.92. The zero-order valence-electron chi connectivity index (χ0n) is 11.2. The highest BCUT2D eigenvalue weighted by Crippen LogP contribution is 2.28. The highest BCUT2D eigenvalue weighted by molar-refractivity contribution is 5.69. The number of rotatable bonds is 7. The van der Waals surface area contributed by atoms with E-state index in [4.69, 9.17) is 4.74 Å². The average Bonchev–Trinajstić information content (AvgIpc) is 2.38. The van der Waals surface area contributed by atoms with Gasteiger partial charge in [-0.1, -0.05) is 39.2 Å². The van der Waals surface area contributed by atoms with E-state index in [9.17, 15) is 0 Å². The second kappa shape index (κ2) is 7.88. The lowest BCUT2D eigenvalue weighted by Gasteiger charge is -2.11. The number of unbranched alkanes of at least 4 members (excludes halogenated alkanes) is 2. The van der Waals surface area contributed by atoms with Crippen LogP contribution in [0.3, 0.4) is 0 Å². The minimum Gasteiger partial charge on any atom is -0.495 e. The molecule has 94 valence electrons. The first-order valence-electron chi connectivity index (χ1n) is 6.50. The van der Waals surface area contributed by atoms with Crippen LogP contribution >= 0.6 is 0 Å². The predicted octanol–water partition coefficient (Wildman–Crippen LogP) is 4.46. The van der Waals surface area contributed by atoms with Crippen molar-refractivity contribution < 1.29 is 4.74 Å². The molecule has 1 heterocycles. The van der Waals surface area contributed by atoms with Crippen LogP contribution in [0.15, 0.2) is 24.5 Å². The zero-order chi connectivity index (χ0) is 12.5. The summed E-state index contributed by atoms with van der Waals surface area (Å²) in [5, 5.41) is 0. The van der Waals surface area contributed by atoms with Gasteiger partial charge in [-0.2, -0.15) is 0 Å². The molecular weight excluding hydrogens is 210 g/mol. The summed E-state index contributed by atoms with van der Waals surface area (Å²) in [6.07, 6.45) is 11.9. The van der Waals surface area contributed by atoms with Gasteiger partial charge in [-0.3, -0.25) is 4.98 Å². The van der Waals surface area contributed by atoms with Gasteiger partial charge in [0.15, 0.2) is 0 Å². The Bertz CT molecular complexity index is 358. The molecule has 1 aromatic heterocycles. The van der Waals surface area contributed by atoms with Crippen LogP contribution in [-0.4, -0.2) is 12.1 Å². The van der Waals surface area contributed by atoms with Crippen LogP contribution in [0.25, 0.3) is 5.57 Å². The molecule has 1 rings (SSSR count). The second-order valence-electron chi connectivity index (χ2n) is 4.20. The molecule has 0 unspecified atom stereocenters. The summed E-state index contributed by atoms with van der Waals surface area (Å²) in [5.41, 5.74) is 2.58. The quantitative estimate of drug-likeness (QED) is 0.648. The minimum absolute atomic E-state index is 0.878. The Hall–Kier alpha value is -1.31. The molecule has 1 aromatic rings. The molecule has 0 fully saturated rings. The van der Waals surface area contributed by atoms with Crippen molar-refractivity contribution in [3.8, 4) is 5.75 Å². The molecule has 17 heavy (non-hydrogen) atoms. The molecule has 0 radical (unpaired) electrons. The van der Waals surface area contributed by atoms with E-state index in [1.54, 1.807) is 13.3 Å². The molecular formula is C15H23NO. The fourth-order valence-corrected chi connectivity index (χ4v) is 1.90. The summed E-state index contributed by atoms with van der Waals surface area (Å²) in [4.78, 5) is 4.10. The van der Waals surface area contributed by atoms with E-state index in [0.29, 0.717) is 0 Å². The van der Waals surface area contributed by atoms with Gasteiger partial charge < -0.3 is 4.74 Å². The number of allylic oxidation sites excluding steroid dienone is 2. The first kappa shape index (κ1) is 13.8. The van der Waals surface area contributed by atoms with Crippen molar-refractivity contribution in [2.45, 2.75) is 46.0 Å². The highest BCUT2D eigenvalue weighted by atomic mass is 16.5. The molecule has 0 aliphatic heterocycles. The van der Waals surface area contributed by atoms with Crippen molar-refractivity contribution >= 4 is 5.57 Å². The number of hydrogen-bond donors (Lipinski definition) is 0. The van der Waals surface area contributed by atoms with Crippen LogP contribution in [0.4, 0.5) is 0 Å². The monoisotopic (exact) mass is 233 g/mol. The number of methoxy groups -OCH3 is 1. The van der Waals surface area contributed by atoms with Gasteiger partial charge in [0.25, 0.3) is 0 Å². The largest absolute Gasteiger partial charge is 0.495 e. The van der Waals surface area contributed by atoms with E-state index in [1.807, 2.05) is 12.3 Å². The normalized spacial score (nSPS) is 11.6. The maximum Gasteiger partial charge on any atom is 0.144 e. The molecule has 2 heteroatoms. The molecule has 0 aromatic carbocycles. The fourth-order valence-electron chi connectivity index (χ4n) is 1.90. The third-order valence-electron chi connectivity index (χ3n) is 2.82. The van der Waals surface area contributed by atoms with Gasteiger partial charge >= 0.3 is 0 Å². The summed E-state index contributed by atoms with van der Waals surface area (Å²) in [6.45, 7) is 4.43. The highest BCUT2D eigenvalue weighted by Gasteiger charge is 2.07. The predicted molar refractivity (Wildman–Crippen MR) is 73.2 cm³/mol. The van der Waals surface area contributed by atoms with Gasteiger partial charge in [-0.25, -0.2) is 0 Å².